The standard InChI is InChI=1S/C8H16N4O/c1-3-6-7(9)8(10)11-12(6)4-5(2)13/h5,13H,3-4,9H2,1-2H3,(H2,10,11). The molecule has 5 nitrogen and oxygen atoms in total. The molecule has 0 radical (unpaired) electrons. The molecule has 5 heteroatoms. The lowest BCUT2D eigenvalue weighted by atomic mass is 10.3. The van der Waals surface area contributed by atoms with Gasteiger partial charge in [0.15, 0.2) is 5.82 Å². The Kier molecular flexibility index (Phi) is 2.77. The summed E-state index contributed by atoms with van der Waals surface area (Å²) in [6.45, 7) is 4.11. The van der Waals surface area contributed by atoms with Crippen LogP contribution in [0.25, 0.3) is 0 Å². The molecule has 0 aromatic carbocycles. The predicted octanol–water partition coefficient (Wildman–Crippen LogP) is -0.00930. The van der Waals surface area contributed by atoms with Gasteiger partial charge in [-0.05, 0) is 13.3 Å². The van der Waals surface area contributed by atoms with E-state index >= 15 is 0 Å². The number of hydrogen-bond acceptors (Lipinski definition) is 4. The first-order chi connectivity index (χ1) is 6.06. The average Bonchev–Trinajstić information content (AvgIpc) is 2.27. The van der Waals surface area contributed by atoms with Crippen molar-refractivity contribution in [1.29, 1.82) is 0 Å². The molecule has 1 aromatic heterocycles. The molecule has 74 valence electrons. The Balaban J connectivity index is 2.99. The highest BCUT2D eigenvalue weighted by Crippen LogP contribution is 2.19. The molecule has 0 bridgehead atoms. The van der Waals surface area contributed by atoms with E-state index in [-0.39, 0.29) is 0 Å². The Morgan fingerprint density at radius 3 is 2.62 bits per heavy atom. The van der Waals surface area contributed by atoms with Crippen LogP contribution in [-0.2, 0) is 13.0 Å². The quantitative estimate of drug-likeness (QED) is 0.616. The van der Waals surface area contributed by atoms with Crippen LogP contribution in [0.15, 0.2) is 0 Å². The summed E-state index contributed by atoms with van der Waals surface area (Å²) in [5.41, 5.74) is 12.7. The van der Waals surface area contributed by atoms with Gasteiger partial charge < -0.3 is 16.6 Å². The number of hydrogen-bond donors (Lipinski definition) is 3. The third-order valence-corrected chi connectivity index (χ3v) is 1.90. The molecule has 13 heavy (non-hydrogen) atoms. The molecule has 1 atom stereocenters. The first-order valence-corrected chi connectivity index (χ1v) is 4.35. The van der Waals surface area contributed by atoms with E-state index in [9.17, 15) is 5.11 Å². The van der Waals surface area contributed by atoms with Gasteiger partial charge in [-0.25, -0.2) is 0 Å². The third-order valence-electron chi connectivity index (χ3n) is 1.90. The first-order valence-electron chi connectivity index (χ1n) is 4.35. The molecule has 0 aliphatic heterocycles. The van der Waals surface area contributed by atoms with Crippen LogP contribution in [0, 0.1) is 0 Å². The number of nitrogens with zero attached hydrogens (tertiary/aromatic N) is 2. The molecule has 1 aromatic rings. The smallest absolute Gasteiger partial charge is 0.169 e. The molecular formula is C8H16N4O. The molecule has 0 amide bonds. The minimum Gasteiger partial charge on any atom is -0.394 e. The van der Waals surface area contributed by atoms with Crippen molar-refractivity contribution in [3.63, 3.8) is 0 Å². The summed E-state index contributed by atoms with van der Waals surface area (Å²) in [5.74, 6) is 0.345. The molecule has 0 aliphatic rings. The largest absolute Gasteiger partial charge is 0.394 e. The maximum absolute atomic E-state index is 9.18. The maximum Gasteiger partial charge on any atom is 0.169 e. The monoisotopic (exact) mass is 184 g/mol. The summed E-state index contributed by atoms with van der Waals surface area (Å²) < 4.78 is 1.66. The number of rotatable bonds is 3. The SMILES string of the molecule is CCc1c(N)c(N)nn1CC(C)O. The Hall–Kier alpha value is -1.23. The molecule has 1 rings (SSSR count). The molecule has 1 unspecified atom stereocenters. The van der Waals surface area contributed by atoms with Crippen molar-refractivity contribution in [2.45, 2.75) is 32.9 Å². The Labute approximate surface area is 77.3 Å². The van der Waals surface area contributed by atoms with E-state index in [1.165, 1.54) is 0 Å². The molecule has 0 fully saturated rings. The lowest BCUT2D eigenvalue weighted by Gasteiger charge is -2.07. The fourth-order valence-electron chi connectivity index (χ4n) is 1.31. The zero-order chi connectivity index (χ0) is 10.0. The minimum absolute atomic E-state index is 0.345. The maximum atomic E-state index is 9.18. The number of nitrogens with two attached hydrogens (primary N) is 2. The van der Waals surface area contributed by atoms with Crippen LogP contribution in [0.4, 0.5) is 11.5 Å². The highest BCUT2D eigenvalue weighted by atomic mass is 16.3. The van der Waals surface area contributed by atoms with Crippen LogP contribution in [0.3, 0.4) is 0 Å². The second kappa shape index (κ2) is 3.66. The number of aliphatic hydroxyl groups excluding tert-OH is 1. The van der Waals surface area contributed by atoms with E-state index in [0.29, 0.717) is 18.1 Å². The molecular weight excluding hydrogens is 168 g/mol. The number of aromatic nitrogens is 2. The second-order valence-corrected chi connectivity index (χ2v) is 3.13. The van der Waals surface area contributed by atoms with Crippen LogP contribution in [-0.4, -0.2) is 21.0 Å². The summed E-state index contributed by atoms with van der Waals surface area (Å²) in [5, 5.41) is 13.2. The van der Waals surface area contributed by atoms with Gasteiger partial charge in [-0.3, -0.25) is 4.68 Å². The van der Waals surface area contributed by atoms with Crippen LogP contribution >= 0.6 is 0 Å². The number of nitrogen functional groups attached to an aromatic ring is 2. The van der Waals surface area contributed by atoms with E-state index in [1.807, 2.05) is 6.92 Å². The van der Waals surface area contributed by atoms with E-state index < -0.39 is 6.10 Å². The number of aliphatic hydroxyl groups is 1. The number of anilines is 2. The molecule has 5 N–H and O–H groups in total. The van der Waals surface area contributed by atoms with Crippen LogP contribution < -0.4 is 11.5 Å². The third kappa shape index (κ3) is 1.92. The van der Waals surface area contributed by atoms with Gasteiger partial charge in [-0.1, -0.05) is 6.92 Å². The fraction of sp³-hybridized carbons (Fsp3) is 0.625. The van der Waals surface area contributed by atoms with Crippen molar-refractivity contribution >= 4 is 11.5 Å². The molecule has 0 spiro atoms. The van der Waals surface area contributed by atoms with Gasteiger partial charge in [-0.15, -0.1) is 0 Å². The van der Waals surface area contributed by atoms with E-state index in [1.54, 1.807) is 11.6 Å². The van der Waals surface area contributed by atoms with E-state index in [2.05, 4.69) is 5.10 Å². The van der Waals surface area contributed by atoms with Gasteiger partial charge in [-0.2, -0.15) is 5.10 Å². The highest BCUT2D eigenvalue weighted by molar-refractivity contribution is 5.61. The first kappa shape index (κ1) is 9.85. The van der Waals surface area contributed by atoms with Crippen molar-refractivity contribution in [3.8, 4) is 0 Å². The van der Waals surface area contributed by atoms with Gasteiger partial charge in [0.05, 0.1) is 24.0 Å². The van der Waals surface area contributed by atoms with E-state index in [4.69, 9.17) is 11.5 Å². The van der Waals surface area contributed by atoms with Gasteiger partial charge in [0.25, 0.3) is 0 Å². The summed E-state index contributed by atoms with van der Waals surface area (Å²) >= 11 is 0. The van der Waals surface area contributed by atoms with Gasteiger partial charge in [0.2, 0.25) is 0 Å². The zero-order valence-electron chi connectivity index (χ0n) is 7.99. The Morgan fingerprint density at radius 2 is 2.15 bits per heavy atom. The zero-order valence-corrected chi connectivity index (χ0v) is 7.99. The molecule has 0 saturated heterocycles. The van der Waals surface area contributed by atoms with Gasteiger partial charge in [0, 0.05) is 0 Å². The summed E-state index contributed by atoms with van der Waals surface area (Å²) in [6.07, 6.45) is 0.326. The average molecular weight is 184 g/mol. The van der Waals surface area contributed by atoms with E-state index in [0.717, 1.165) is 12.1 Å². The minimum atomic E-state index is -0.441. The van der Waals surface area contributed by atoms with Crippen molar-refractivity contribution < 1.29 is 5.11 Å². The van der Waals surface area contributed by atoms with Crippen LogP contribution in [0.5, 0.6) is 0 Å². The second-order valence-electron chi connectivity index (χ2n) is 3.13. The molecule has 0 saturated carbocycles. The Morgan fingerprint density at radius 1 is 1.54 bits per heavy atom. The highest BCUT2D eigenvalue weighted by Gasteiger charge is 2.12. The van der Waals surface area contributed by atoms with Crippen molar-refractivity contribution in [3.05, 3.63) is 5.69 Å². The normalized spacial score (nSPS) is 13.2. The van der Waals surface area contributed by atoms with Crippen LogP contribution in [0.1, 0.15) is 19.5 Å². The molecule has 1 heterocycles. The lowest BCUT2D eigenvalue weighted by Crippen LogP contribution is -2.15. The van der Waals surface area contributed by atoms with Crippen molar-refractivity contribution in [2.75, 3.05) is 11.5 Å². The van der Waals surface area contributed by atoms with Crippen molar-refractivity contribution in [2.24, 2.45) is 0 Å². The Bertz CT molecular complexity index is 293. The van der Waals surface area contributed by atoms with Gasteiger partial charge >= 0.3 is 0 Å². The van der Waals surface area contributed by atoms with Gasteiger partial charge in [0.1, 0.15) is 0 Å². The lowest BCUT2D eigenvalue weighted by molar-refractivity contribution is 0.167. The van der Waals surface area contributed by atoms with Crippen LogP contribution in [0.2, 0.25) is 0 Å². The van der Waals surface area contributed by atoms with Crippen molar-refractivity contribution in [1.82, 2.24) is 9.78 Å². The fourth-order valence-corrected chi connectivity index (χ4v) is 1.31. The summed E-state index contributed by atoms with van der Waals surface area (Å²) in [6, 6.07) is 0. The summed E-state index contributed by atoms with van der Waals surface area (Å²) in [7, 11) is 0. The molecule has 0 aliphatic carbocycles. The summed E-state index contributed by atoms with van der Waals surface area (Å²) in [4.78, 5) is 0. The topological polar surface area (TPSA) is 90.1 Å². The predicted molar refractivity (Wildman–Crippen MR) is 52.1 cm³/mol.